The highest BCUT2D eigenvalue weighted by Crippen LogP contribution is 2.35. The van der Waals surface area contributed by atoms with E-state index in [1.165, 1.54) is 0 Å². The maximum Gasteiger partial charge on any atom is 0.161 e. The van der Waals surface area contributed by atoms with Crippen molar-refractivity contribution in [1.29, 1.82) is 0 Å². The zero-order valence-electron chi connectivity index (χ0n) is 16.3. The zero-order chi connectivity index (χ0) is 20.9. The maximum atomic E-state index is 15.7. The van der Waals surface area contributed by atoms with Crippen molar-refractivity contribution in [2.75, 3.05) is 0 Å². The van der Waals surface area contributed by atoms with E-state index in [2.05, 4.69) is 31.2 Å². The Morgan fingerprint density at radius 1 is 0.968 bits per heavy atom. The monoisotopic (exact) mass is 426 g/mol. The van der Waals surface area contributed by atoms with E-state index in [0.717, 1.165) is 27.0 Å². The molecule has 0 amide bonds. The lowest BCUT2D eigenvalue weighted by Gasteiger charge is -2.06. The van der Waals surface area contributed by atoms with Crippen LogP contribution in [-0.2, 0) is 0 Å². The number of rotatable bonds is 3. The molecule has 0 atom stereocenters. The van der Waals surface area contributed by atoms with Crippen molar-refractivity contribution in [2.24, 2.45) is 0 Å². The summed E-state index contributed by atoms with van der Waals surface area (Å²) in [4.78, 5) is 17.7. The molecule has 1 aromatic carbocycles. The van der Waals surface area contributed by atoms with Gasteiger partial charge in [-0.25, -0.2) is 9.37 Å². The Bertz CT molecular complexity index is 1560. The Hall–Kier alpha value is -3.91. The highest BCUT2D eigenvalue weighted by molar-refractivity contribution is 7.13. The second kappa shape index (κ2) is 6.82. The molecule has 0 saturated heterocycles. The van der Waals surface area contributed by atoms with Crippen molar-refractivity contribution in [3.8, 4) is 33.2 Å². The van der Waals surface area contributed by atoms with E-state index in [0.29, 0.717) is 28.0 Å². The summed E-state index contributed by atoms with van der Waals surface area (Å²) in [5.41, 5.74) is 5.46. The number of hydrogen-bond acceptors (Lipinski definition) is 5. The Morgan fingerprint density at radius 3 is 2.74 bits per heavy atom. The van der Waals surface area contributed by atoms with Crippen molar-refractivity contribution < 1.29 is 4.39 Å². The van der Waals surface area contributed by atoms with Gasteiger partial charge in [-0.1, -0.05) is 18.2 Å². The van der Waals surface area contributed by atoms with Crippen LogP contribution in [0.5, 0.6) is 0 Å². The minimum absolute atomic E-state index is 0.246. The third-order valence-electron chi connectivity index (χ3n) is 5.36. The van der Waals surface area contributed by atoms with E-state index in [9.17, 15) is 0 Å². The summed E-state index contributed by atoms with van der Waals surface area (Å²) >= 11 is 1.65. The molecular formula is C23H15FN6S. The lowest BCUT2D eigenvalue weighted by Crippen LogP contribution is -1.94. The molecule has 0 bridgehead atoms. The highest BCUT2D eigenvalue weighted by atomic mass is 32.1. The summed E-state index contributed by atoms with van der Waals surface area (Å²) < 4.78 is 15.7. The first-order valence-corrected chi connectivity index (χ1v) is 10.5. The van der Waals surface area contributed by atoms with Crippen molar-refractivity contribution in [3.05, 3.63) is 71.7 Å². The van der Waals surface area contributed by atoms with Crippen molar-refractivity contribution in [3.63, 3.8) is 0 Å². The molecule has 6 rings (SSSR count). The minimum Gasteiger partial charge on any atom is -0.337 e. The number of halogens is 1. The van der Waals surface area contributed by atoms with Crippen molar-refractivity contribution >= 4 is 33.3 Å². The number of thiophene rings is 1. The SMILES string of the molecule is Cc1ccncc1-c1ncc2[nH]nc(-c3nc4c(-c5cccs5)cccc4[nH]3)c2c1F. The molecule has 5 aromatic heterocycles. The smallest absolute Gasteiger partial charge is 0.161 e. The molecule has 0 spiro atoms. The number of hydrogen-bond donors (Lipinski definition) is 2. The largest absolute Gasteiger partial charge is 0.337 e. The molecule has 0 aliphatic heterocycles. The van der Waals surface area contributed by atoms with Gasteiger partial charge in [0.1, 0.15) is 11.4 Å². The number of para-hydroxylation sites is 1. The molecule has 150 valence electrons. The van der Waals surface area contributed by atoms with Gasteiger partial charge in [0.25, 0.3) is 0 Å². The molecular weight excluding hydrogens is 411 g/mol. The molecule has 6 nitrogen and oxygen atoms in total. The number of H-pyrrole nitrogens is 2. The number of aromatic amines is 2. The van der Waals surface area contributed by atoms with Crippen LogP contribution in [0.15, 0.2) is 60.4 Å². The molecule has 5 heterocycles. The van der Waals surface area contributed by atoms with E-state index >= 15 is 4.39 Å². The molecule has 0 aliphatic rings. The summed E-state index contributed by atoms with van der Waals surface area (Å²) in [6, 6.07) is 11.9. The molecule has 0 radical (unpaired) electrons. The summed E-state index contributed by atoms with van der Waals surface area (Å²) in [6.45, 7) is 1.91. The summed E-state index contributed by atoms with van der Waals surface area (Å²) in [6.07, 6.45) is 4.90. The topological polar surface area (TPSA) is 83.1 Å². The number of nitrogens with one attached hydrogen (secondary N) is 2. The van der Waals surface area contributed by atoms with Crippen LogP contribution in [0.3, 0.4) is 0 Å². The summed E-state index contributed by atoms with van der Waals surface area (Å²) in [7, 11) is 0. The molecule has 0 saturated carbocycles. The Morgan fingerprint density at radius 2 is 1.90 bits per heavy atom. The standard InChI is InChI=1S/C23H15FN6S/c1-12-7-8-25-10-14(12)21-19(24)18-16(11-26-21)29-30-22(18)23-27-15-5-2-4-13(20(15)28-23)17-6-3-9-31-17/h2-11H,1H3,(H,27,28)(H,29,30). The van der Waals surface area contributed by atoms with Crippen LogP contribution in [0.25, 0.3) is 55.2 Å². The molecule has 0 fully saturated rings. The fourth-order valence-corrected chi connectivity index (χ4v) is 4.57. The fourth-order valence-electron chi connectivity index (χ4n) is 3.82. The van der Waals surface area contributed by atoms with Gasteiger partial charge in [0, 0.05) is 28.4 Å². The van der Waals surface area contributed by atoms with Crippen molar-refractivity contribution in [1.82, 2.24) is 30.1 Å². The number of pyridine rings is 2. The Balaban J connectivity index is 1.57. The quantitative estimate of drug-likeness (QED) is 0.378. The molecule has 2 N–H and O–H groups in total. The molecule has 6 aromatic rings. The Labute approximate surface area is 179 Å². The van der Waals surface area contributed by atoms with E-state index < -0.39 is 5.82 Å². The van der Waals surface area contributed by atoms with Crippen LogP contribution < -0.4 is 0 Å². The zero-order valence-corrected chi connectivity index (χ0v) is 17.2. The van der Waals surface area contributed by atoms with Gasteiger partial charge in [0.05, 0.1) is 28.1 Å². The van der Waals surface area contributed by atoms with Crippen LogP contribution >= 0.6 is 11.3 Å². The normalized spacial score (nSPS) is 11.5. The number of fused-ring (bicyclic) bond motifs is 2. The average molecular weight is 426 g/mol. The van der Waals surface area contributed by atoms with Gasteiger partial charge in [0.15, 0.2) is 11.6 Å². The molecule has 0 unspecified atom stereocenters. The van der Waals surface area contributed by atoms with Crippen LogP contribution in [0, 0.1) is 12.7 Å². The first-order valence-electron chi connectivity index (χ1n) is 9.67. The first kappa shape index (κ1) is 17.9. The predicted octanol–water partition coefficient (Wildman–Crippen LogP) is 5.74. The maximum absolute atomic E-state index is 15.7. The summed E-state index contributed by atoms with van der Waals surface area (Å²) in [5, 5.41) is 9.63. The van der Waals surface area contributed by atoms with Gasteiger partial charge < -0.3 is 4.98 Å². The van der Waals surface area contributed by atoms with Gasteiger partial charge in [-0.2, -0.15) is 5.10 Å². The second-order valence-corrected chi connectivity index (χ2v) is 8.18. The van der Waals surface area contributed by atoms with Gasteiger partial charge in [-0.3, -0.25) is 15.1 Å². The number of nitrogens with zero attached hydrogens (tertiary/aromatic N) is 4. The number of imidazole rings is 1. The van der Waals surface area contributed by atoms with Crippen LogP contribution in [0.4, 0.5) is 4.39 Å². The van der Waals surface area contributed by atoms with E-state index in [1.54, 1.807) is 29.9 Å². The second-order valence-electron chi connectivity index (χ2n) is 7.24. The molecule has 8 heteroatoms. The number of aromatic nitrogens is 6. The first-order chi connectivity index (χ1) is 15.2. The number of aryl methyl sites for hydroxylation is 1. The van der Waals surface area contributed by atoms with Gasteiger partial charge in [0.2, 0.25) is 0 Å². The lowest BCUT2D eigenvalue weighted by atomic mass is 10.1. The van der Waals surface area contributed by atoms with E-state index in [-0.39, 0.29) is 5.69 Å². The van der Waals surface area contributed by atoms with Gasteiger partial charge >= 0.3 is 0 Å². The molecule has 31 heavy (non-hydrogen) atoms. The average Bonchev–Trinajstić information content (AvgIpc) is 3.53. The summed E-state index contributed by atoms with van der Waals surface area (Å²) in [5.74, 6) is 0.0560. The predicted molar refractivity (Wildman–Crippen MR) is 120 cm³/mol. The van der Waals surface area contributed by atoms with E-state index in [1.807, 2.05) is 42.6 Å². The Kier molecular flexibility index (Phi) is 3.94. The van der Waals surface area contributed by atoms with Crippen LogP contribution in [-0.4, -0.2) is 30.1 Å². The van der Waals surface area contributed by atoms with Crippen molar-refractivity contribution in [2.45, 2.75) is 6.92 Å². The fraction of sp³-hybridized carbons (Fsp3) is 0.0435. The van der Waals surface area contributed by atoms with Gasteiger partial charge in [-0.15, -0.1) is 11.3 Å². The van der Waals surface area contributed by atoms with Crippen LogP contribution in [0.2, 0.25) is 0 Å². The highest BCUT2D eigenvalue weighted by Gasteiger charge is 2.21. The van der Waals surface area contributed by atoms with E-state index in [4.69, 9.17) is 4.98 Å². The minimum atomic E-state index is -0.448. The van der Waals surface area contributed by atoms with Crippen LogP contribution in [0.1, 0.15) is 5.56 Å². The third-order valence-corrected chi connectivity index (χ3v) is 6.27. The lowest BCUT2D eigenvalue weighted by molar-refractivity contribution is 0.638. The van der Waals surface area contributed by atoms with Gasteiger partial charge in [-0.05, 0) is 36.1 Å². The third kappa shape index (κ3) is 2.76. The molecule has 0 aliphatic carbocycles. The number of benzene rings is 1.